The van der Waals surface area contributed by atoms with Crippen molar-refractivity contribution in [3.63, 3.8) is 0 Å². The van der Waals surface area contributed by atoms with Crippen LogP contribution >= 0.6 is 0 Å². The van der Waals surface area contributed by atoms with Crippen molar-refractivity contribution in [2.45, 2.75) is 25.9 Å². The Kier molecular flexibility index (Phi) is 3.72. The number of hydrogen-bond acceptors (Lipinski definition) is 3. The van der Waals surface area contributed by atoms with Crippen LogP contribution in [0.5, 0.6) is 0 Å². The smallest absolute Gasteiger partial charge is 0.147 e. The van der Waals surface area contributed by atoms with E-state index in [1.807, 2.05) is 20.0 Å². The van der Waals surface area contributed by atoms with Crippen molar-refractivity contribution in [2.75, 3.05) is 0 Å². The summed E-state index contributed by atoms with van der Waals surface area (Å²) in [5.41, 5.74) is 1.90. The Balaban J connectivity index is 2.18. The van der Waals surface area contributed by atoms with Crippen LogP contribution in [-0.4, -0.2) is 19.9 Å². The number of halogens is 1. The van der Waals surface area contributed by atoms with Crippen molar-refractivity contribution in [1.29, 1.82) is 0 Å². The number of aliphatic hydroxyl groups is 1. The first-order chi connectivity index (χ1) is 8.61. The van der Waals surface area contributed by atoms with Gasteiger partial charge in [-0.3, -0.25) is 9.67 Å². The minimum atomic E-state index is -0.952. The lowest BCUT2D eigenvalue weighted by Crippen LogP contribution is -2.09. The molecule has 0 saturated carbocycles. The third kappa shape index (κ3) is 2.56. The molecule has 2 aromatic rings. The van der Waals surface area contributed by atoms with Crippen molar-refractivity contribution >= 4 is 0 Å². The van der Waals surface area contributed by atoms with Crippen LogP contribution in [0.15, 0.2) is 24.4 Å². The monoisotopic (exact) mass is 249 g/mol. The standard InChI is InChI=1S/C13H16FN3O/c1-3-9-7-10(17(2)16-9)8-12(18)13-11(14)5-4-6-15-13/h4-7,12,18H,3,8H2,1-2H3. The number of hydrogen-bond donors (Lipinski definition) is 1. The Morgan fingerprint density at radius 1 is 1.50 bits per heavy atom. The van der Waals surface area contributed by atoms with Crippen LogP contribution in [0.3, 0.4) is 0 Å². The van der Waals surface area contributed by atoms with E-state index >= 15 is 0 Å². The van der Waals surface area contributed by atoms with Gasteiger partial charge in [0.25, 0.3) is 0 Å². The number of pyridine rings is 1. The zero-order valence-electron chi connectivity index (χ0n) is 10.5. The second kappa shape index (κ2) is 5.27. The third-order valence-electron chi connectivity index (χ3n) is 2.89. The van der Waals surface area contributed by atoms with Crippen molar-refractivity contribution < 1.29 is 9.50 Å². The summed E-state index contributed by atoms with van der Waals surface area (Å²) in [6, 6.07) is 4.72. The van der Waals surface area contributed by atoms with Crippen LogP contribution in [0.4, 0.5) is 4.39 Å². The molecule has 2 heterocycles. The average Bonchev–Trinajstić information content (AvgIpc) is 2.70. The van der Waals surface area contributed by atoms with Gasteiger partial charge < -0.3 is 5.11 Å². The first kappa shape index (κ1) is 12.7. The van der Waals surface area contributed by atoms with Gasteiger partial charge in [-0.25, -0.2) is 4.39 Å². The normalized spacial score (nSPS) is 12.7. The Labute approximate surface area is 105 Å². The van der Waals surface area contributed by atoms with E-state index in [2.05, 4.69) is 10.1 Å². The first-order valence-electron chi connectivity index (χ1n) is 5.92. The summed E-state index contributed by atoms with van der Waals surface area (Å²) in [5, 5.41) is 14.3. The van der Waals surface area contributed by atoms with E-state index < -0.39 is 11.9 Å². The van der Waals surface area contributed by atoms with E-state index in [0.717, 1.165) is 17.8 Å². The van der Waals surface area contributed by atoms with Gasteiger partial charge in [-0.2, -0.15) is 5.10 Å². The molecular formula is C13H16FN3O. The summed E-state index contributed by atoms with van der Waals surface area (Å²) >= 11 is 0. The quantitative estimate of drug-likeness (QED) is 0.898. The molecule has 0 bridgehead atoms. The summed E-state index contributed by atoms with van der Waals surface area (Å²) in [4.78, 5) is 3.88. The molecule has 96 valence electrons. The number of aromatic nitrogens is 3. The topological polar surface area (TPSA) is 50.9 Å². The minimum absolute atomic E-state index is 0.0803. The molecule has 18 heavy (non-hydrogen) atoms. The van der Waals surface area contributed by atoms with Crippen LogP contribution < -0.4 is 0 Å². The van der Waals surface area contributed by atoms with E-state index in [1.165, 1.54) is 18.3 Å². The maximum atomic E-state index is 13.5. The van der Waals surface area contributed by atoms with E-state index in [4.69, 9.17) is 0 Å². The molecule has 0 fully saturated rings. The molecule has 0 amide bonds. The van der Waals surface area contributed by atoms with Gasteiger partial charge in [-0.1, -0.05) is 6.92 Å². The van der Waals surface area contributed by atoms with Crippen LogP contribution in [0.25, 0.3) is 0 Å². The summed E-state index contributed by atoms with van der Waals surface area (Å²) < 4.78 is 15.2. The van der Waals surface area contributed by atoms with Gasteiger partial charge in [0, 0.05) is 25.4 Å². The number of rotatable bonds is 4. The predicted molar refractivity (Wildman–Crippen MR) is 65.4 cm³/mol. The van der Waals surface area contributed by atoms with Crippen LogP contribution in [-0.2, 0) is 19.9 Å². The van der Waals surface area contributed by atoms with Gasteiger partial charge in [0.1, 0.15) is 17.6 Å². The molecule has 0 aliphatic heterocycles. The van der Waals surface area contributed by atoms with Crippen molar-refractivity contribution in [1.82, 2.24) is 14.8 Å². The highest BCUT2D eigenvalue weighted by molar-refractivity contribution is 5.16. The second-order valence-electron chi connectivity index (χ2n) is 4.19. The van der Waals surface area contributed by atoms with Crippen LogP contribution in [0.1, 0.15) is 30.1 Å². The molecule has 1 N–H and O–H groups in total. The average molecular weight is 249 g/mol. The van der Waals surface area contributed by atoms with Gasteiger partial charge in [-0.15, -0.1) is 0 Å². The molecule has 1 unspecified atom stereocenters. The van der Waals surface area contributed by atoms with Gasteiger partial charge in [0.05, 0.1) is 5.69 Å². The van der Waals surface area contributed by atoms with Crippen LogP contribution in [0, 0.1) is 5.82 Å². The van der Waals surface area contributed by atoms with E-state index in [1.54, 1.807) is 4.68 Å². The van der Waals surface area contributed by atoms with Crippen molar-refractivity contribution in [3.8, 4) is 0 Å². The molecule has 2 rings (SSSR count). The molecule has 0 radical (unpaired) electrons. The molecule has 1 atom stereocenters. The highest BCUT2D eigenvalue weighted by Gasteiger charge is 2.16. The molecule has 5 heteroatoms. The van der Waals surface area contributed by atoms with Gasteiger partial charge in [0.15, 0.2) is 0 Å². The molecule has 0 aliphatic rings. The highest BCUT2D eigenvalue weighted by atomic mass is 19.1. The van der Waals surface area contributed by atoms with Gasteiger partial charge in [-0.05, 0) is 24.6 Å². The number of aryl methyl sites for hydroxylation is 2. The van der Waals surface area contributed by atoms with E-state index in [9.17, 15) is 9.50 Å². The first-order valence-corrected chi connectivity index (χ1v) is 5.92. The lowest BCUT2D eigenvalue weighted by Gasteiger charge is -2.10. The van der Waals surface area contributed by atoms with E-state index in [0.29, 0.717) is 6.42 Å². The Morgan fingerprint density at radius 2 is 2.28 bits per heavy atom. The van der Waals surface area contributed by atoms with Crippen molar-refractivity contribution in [3.05, 3.63) is 47.3 Å². The minimum Gasteiger partial charge on any atom is -0.386 e. The molecule has 2 aromatic heterocycles. The SMILES string of the molecule is CCc1cc(CC(O)c2ncccc2F)n(C)n1. The highest BCUT2D eigenvalue weighted by Crippen LogP contribution is 2.19. The van der Waals surface area contributed by atoms with Gasteiger partial charge in [0.2, 0.25) is 0 Å². The Morgan fingerprint density at radius 3 is 2.89 bits per heavy atom. The molecule has 0 aliphatic carbocycles. The predicted octanol–water partition coefficient (Wildman–Crippen LogP) is 1.79. The molecular weight excluding hydrogens is 233 g/mol. The van der Waals surface area contributed by atoms with Crippen LogP contribution in [0.2, 0.25) is 0 Å². The molecule has 4 nitrogen and oxygen atoms in total. The lowest BCUT2D eigenvalue weighted by atomic mass is 10.1. The zero-order valence-corrected chi connectivity index (χ0v) is 10.5. The lowest BCUT2D eigenvalue weighted by molar-refractivity contribution is 0.166. The fourth-order valence-corrected chi connectivity index (χ4v) is 1.87. The largest absolute Gasteiger partial charge is 0.386 e. The summed E-state index contributed by atoms with van der Waals surface area (Å²) in [6.45, 7) is 2.01. The zero-order chi connectivity index (χ0) is 13.1. The fraction of sp³-hybridized carbons (Fsp3) is 0.385. The Bertz CT molecular complexity index is 539. The summed E-state index contributed by atoms with van der Waals surface area (Å²) in [7, 11) is 1.82. The Hall–Kier alpha value is -1.75. The maximum Gasteiger partial charge on any atom is 0.147 e. The fourth-order valence-electron chi connectivity index (χ4n) is 1.87. The maximum absolute atomic E-state index is 13.5. The molecule has 0 saturated heterocycles. The molecule has 0 aromatic carbocycles. The second-order valence-corrected chi connectivity index (χ2v) is 4.19. The summed E-state index contributed by atoms with van der Waals surface area (Å²) in [5.74, 6) is -0.483. The van der Waals surface area contributed by atoms with Gasteiger partial charge >= 0.3 is 0 Å². The van der Waals surface area contributed by atoms with Crippen molar-refractivity contribution in [2.24, 2.45) is 7.05 Å². The third-order valence-corrected chi connectivity index (χ3v) is 2.89. The summed E-state index contributed by atoms with van der Waals surface area (Å²) in [6.07, 6.45) is 1.66. The number of nitrogens with zero attached hydrogens (tertiary/aromatic N) is 3. The molecule has 0 spiro atoms. The van der Waals surface area contributed by atoms with E-state index in [-0.39, 0.29) is 5.69 Å². The number of aliphatic hydroxyl groups excluding tert-OH is 1.